The monoisotopic (exact) mass is 363 g/mol. The molecule has 3 aromatic rings. The van der Waals surface area contributed by atoms with Crippen LogP contribution in [0.4, 0.5) is 5.82 Å². The van der Waals surface area contributed by atoms with Crippen molar-refractivity contribution in [1.29, 1.82) is 0 Å². The highest BCUT2D eigenvalue weighted by molar-refractivity contribution is 5.71. The highest BCUT2D eigenvalue weighted by atomic mass is 16.5. The summed E-state index contributed by atoms with van der Waals surface area (Å²) < 4.78 is 12.6. The van der Waals surface area contributed by atoms with Crippen LogP contribution in [0.25, 0.3) is 11.3 Å². The Hall–Kier alpha value is -3.28. The summed E-state index contributed by atoms with van der Waals surface area (Å²) in [6.45, 7) is 1.21. The van der Waals surface area contributed by atoms with E-state index in [-0.39, 0.29) is 5.69 Å². The normalized spacial score (nSPS) is 12.1. The predicted molar refractivity (Wildman–Crippen MR) is 105 cm³/mol. The molecule has 1 aliphatic heterocycles. The predicted octanol–water partition coefficient (Wildman–Crippen LogP) is 3.10. The number of rotatable bonds is 5. The molecule has 0 saturated carbocycles. The number of hydrogen-bond donors (Lipinski definition) is 1. The largest absolute Gasteiger partial charge is 0.493 e. The average molecular weight is 363 g/mol. The number of nitrogens with zero attached hydrogens (tertiary/aromatic N) is 2. The van der Waals surface area contributed by atoms with Crippen LogP contribution in [0.2, 0.25) is 0 Å². The van der Waals surface area contributed by atoms with Gasteiger partial charge in [0.05, 0.1) is 19.9 Å². The van der Waals surface area contributed by atoms with Gasteiger partial charge in [-0.1, -0.05) is 30.3 Å². The molecule has 0 saturated heterocycles. The molecule has 0 fully saturated rings. The van der Waals surface area contributed by atoms with Crippen LogP contribution in [0.15, 0.2) is 53.3 Å². The van der Waals surface area contributed by atoms with Crippen LogP contribution >= 0.6 is 0 Å². The van der Waals surface area contributed by atoms with E-state index in [1.165, 1.54) is 0 Å². The topological polar surface area (TPSA) is 65.4 Å². The minimum atomic E-state index is -0.247. The van der Waals surface area contributed by atoms with Crippen molar-refractivity contribution in [2.45, 2.75) is 19.5 Å². The summed E-state index contributed by atoms with van der Waals surface area (Å²) in [6, 6.07) is 15.9. The zero-order valence-corrected chi connectivity index (χ0v) is 15.4. The van der Waals surface area contributed by atoms with Gasteiger partial charge in [0.1, 0.15) is 5.82 Å². The lowest BCUT2D eigenvalue weighted by molar-refractivity contribution is 0.354. The average Bonchev–Trinajstić information content (AvgIpc) is 2.71. The van der Waals surface area contributed by atoms with Crippen molar-refractivity contribution in [3.8, 4) is 22.8 Å². The number of hydrogen-bond acceptors (Lipinski definition) is 5. The molecule has 4 rings (SSSR count). The molecule has 6 heteroatoms. The first-order chi connectivity index (χ1) is 13.2. The lowest BCUT2D eigenvalue weighted by atomic mass is 9.97. The number of nitrogens with one attached hydrogen (secondary N) is 1. The summed E-state index contributed by atoms with van der Waals surface area (Å²) in [5, 5.41) is 3.25. The van der Waals surface area contributed by atoms with Gasteiger partial charge in [0.2, 0.25) is 0 Å². The van der Waals surface area contributed by atoms with E-state index in [2.05, 4.69) is 10.3 Å². The molecule has 0 aliphatic carbocycles. The first kappa shape index (κ1) is 17.1. The van der Waals surface area contributed by atoms with Crippen LogP contribution in [0.1, 0.15) is 11.1 Å². The van der Waals surface area contributed by atoms with E-state index in [0.717, 1.165) is 28.8 Å². The van der Waals surface area contributed by atoms with Gasteiger partial charge in [-0.15, -0.1) is 0 Å². The van der Waals surface area contributed by atoms with Crippen LogP contribution in [0.5, 0.6) is 11.5 Å². The van der Waals surface area contributed by atoms with Crippen molar-refractivity contribution in [2.75, 3.05) is 19.5 Å². The zero-order chi connectivity index (χ0) is 18.8. The van der Waals surface area contributed by atoms with Gasteiger partial charge in [-0.25, -0.2) is 4.79 Å². The van der Waals surface area contributed by atoms with Gasteiger partial charge >= 0.3 is 5.69 Å². The Morgan fingerprint density at radius 3 is 2.56 bits per heavy atom. The quantitative estimate of drug-likeness (QED) is 0.755. The molecule has 0 amide bonds. The minimum absolute atomic E-state index is 0.247. The van der Waals surface area contributed by atoms with Crippen LogP contribution in [-0.4, -0.2) is 23.8 Å². The second kappa shape index (κ2) is 7.15. The molecule has 6 nitrogen and oxygen atoms in total. The van der Waals surface area contributed by atoms with E-state index in [0.29, 0.717) is 30.4 Å². The Labute approximate surface area is 157 Å². The highest BCUT2D eigenvalue weighted by Gasteiger charge is 2.21. The third-order valence-corrected chi connectivity index (χ3v) is 4.82. The van der Waals surface area contributed by atoms with Crippen molar-refractivity contribution >= 4 is 5.82 Å². The third-order valence-electron chi connectivity index (χ3n) is 4.82. The van der Waals surface area contributed by atoms with E-state index >= 15 is 0 Å². The molecular weight excluding hydrogens is 342 g/mol. The zero-order valence-electron chi connectivity index (χ0n) is 15.4. The van der Waals surface area contributed by atoms with Gasteiger partial charge in [-0.3, -0.25) is 4.57 Å². The molecular formula is C21H21N3O3. The van der Waals surface area contributed by atoms with Gasteiger partial charge in [0, 0.05) is 24.7 Å². The number of fused-ring (bicyclic) bond motifs is 3. The Morgan fingerprint density at radius 2 is 1.81 bits per heavy atom. The molecule has 1 N–H and O–H groups in total. The number of aromatic nitrogens is 2. The standard InChI is InChI=1S/C21H21N3O3/c1-26-18-10-15-8-9-24-17(16(15)11-19(18)27-2)12-20(23-21(24)25)22-13-14-6-4-3-5-7-14/h3-7,10-12H,8-9,13H2,1-2H3,(H,22,23,25). The summed E-state index contributed by atoms with van der Waals surface area (Å²) in [5.41, 5.74) is 3.83. The Kier molecular flexibility index (Phi) is 4.54. The fourth-order valence-corrected chi connectivity index (χ4v) is 3.42. The molecule has 0 spiro atoms. The first-order valence-corrected chi connectivity index (χ1v) is 8.84. The number of methoxy groups -OCH3 is 2. The van der Waals surface area contributed by atoms with Crippen LogP contribution in [-0.2, 0) is 19.5 Å². The van der Waals surface area contributed by atoms with Crippen molar-refractivity contribution < 1.29 is 9.47 Å². The van der Waals surface area contributed by atoms with Crippen molar-refractivity contribution in [3.05, 3.63) is 70.1 Å². The molecule has 0 bridgehead atoms. The molecule has 0 atom stereocenters. The highest BCUT2D eigenvalue weighted by Crippen LogP contribution is 2.38. The van der Waals surface area contributed by atoms with E-state index in [4.69, 9.17) is 9.47 Å². The van der Waals surface area contributed by atoms with E-state index in [1.807, 2.05) is 48.5 Å². The number of benzene rings is 2. The Balaban J connectivity index is 1.73. The van der Waals surface area contributed by atoms with E-state index < -0.39 is 0 Å². The maximum absolute atomic E-state index is 12.5. The second-order valence-corrected chi connectivity index (χ2v) is 6.41. The fourth-order valence-electron chi connectivity index (χ4n) is 3.42. The van der Waals surface area contributed by atoms with Gasteiger partial charge in [0.25, 0.3) is 0 Å². The molecule has 27 heavy (non-hydrogen) atoms. The van der Waals surface area contributed by atoms with Crippen LogP contribution in [0, 0.1) is 0 Å². The van der Waals surface area contributed by atoms with Gasteiger partial charge in [0.15, 0.2) is 11.5 Å². The van der Waals surface area contributed by atoms with Crippen molar-refractivity contribution in [1.82, 2.24) is 9.55 Å². The number of ether oxygens (including phenoxy) is 2. The summed E-state index contributed by atoms with van der Waals surface area (Å²) in [4.78, 5) is 16.7. The van der Waals surface area contributed by atoms with Crippen LogP contribution < -0.4 is 20.5 Å². The molecule has 0 radical (unpaired) electrons. The SMILES string of the molecule is COc1cc2c(cc1OC)-c1cc(NCc3ccccc3)nc(=O)n1CC2. The van der Waals surface area contributed by atoms with Gasteiger partial charge in [-0.2, -0.15) is 4.98 Å². The number of aryl methyl sites for hydroxylation is 1. The second-order valence-electron chi connectivity index (χ2n) is 6.41. The van der Waals surface area contributed by atoms with Crippen LogP contribution in [0.3, 0.4) is 0 Å². The molecule has 0 unspecified atom stereocenters. The molecule has 138 valence electrons. The Morgan fingerprint density at radius 1 is 1.07 bits per heavy atom. The summed E-state index contributed by atoms with van der Waals surface area (Å²) >= 11 is 0. The van der Waals surface area contributed by atoms with Gasteiger partial charge < -0.3 is 14.8 Å². The molecule has 2 heterocycles. The third kappa shape index (κ3) is 3.26. The minimum Gasteiger partial charge on any atom is -0.493 e. The summed E-state index contributed by atoms with van der Waals surface area (Å²) in [7, 11) is 3.24. The first-order valence-electron chi connectivity index (χ1n) is 8.84. The summed E-state index contributed by atoms with van der Waals surface area (Å²) in [6.07, 6.45) is 0.751. The van der Waals surface area contributed by atoms with Crippen molar-refractivity contribution in [3.63, 3.8) is 0 Å². The molecule has 1 aliphatic rings. The lowest BCUT2D eigenvalue weighted by Gasteiger charge is -2.23. The maximum atomic E-state index is 12.5. The smallest absolute Gasteiger partial charge is 0.349 e. The van der Waals surface area contributed by atoms with E-state index in [1.54, 1.807) is 18.8 Å². The fraction of sp³-hybridized carbons (Fsp3) is 0.238. The molecule has 1 aromatic heterocycles. The molecule has 2 aromatic carbocycles. The van der Waals surface area contributed by atoms with Crippen molar-refractivity contribution in [2.24, 2.45) is 0 Å². The Bertz CT molecular complexity index is 1030. The number of anilines is 1. The van der Waals surface area contributed by atoms with E-state index in [9.17, 15) is 4.79 Å². The maximum Gasteiger partial charge on any atom is 0.349 e. The summed E-state index contributed by atoms with van der Waals surface area (Å²) in [5.74, 6) is 1.91. The lowest BCUT2D eigenvalue weighted by Crippen LogP contribution is -2.29. The van der Waals surface area contributed by atoms with Gasteiger partial charge in [-0.05, 0) is 29.7 Å².